The zero-order valence-corrected chi connectivity index (χ0v) is 18.2. The summed E-state index contributed by atoms with van der Waals surface area (Å²) in [5, 5.41) is 5.11. The number of fused-ring (bicyclic) bond motifs is 1. The molecule has 1 amide bonds. The molecular weight excluding hydrogens is 433 g/mol. The predicted octanol–water partition coefficient (Wildman–Crippen LogP) is 3.74. The number of nitrogens with two attached hydrogens (primary N) is 2. The fraction of sp³-hybridized carbons (Fsp3) is 0.0800. The highest BCUT2D eigenvalue weighted by Gasteiger charge is 2.17. The largest absolute Gasteiger partial charge is 0.383 e. The maximum absolute atomic E-state index is 13.6. The van der Waals surface area contributed by atoms with Crippen molar-refractivity contribution >= 4 is 22.6 Å². The number of nitrogen functional groups attached to an aromatic ring is 1. The Hall–Kier alpha value is -4.66. The quantitative estimate of drug-likeness (QED) is 0.418. The number of carbonyl (C=O) groups is 1. The van der Waals surface area contributed by atoms with E-state index >= 15 is 0 Å². The van der Waals surface area contributed by atoms with E-state index in [4.69, 9.17) is 16.5 Å². The predicted molar refractivity (Wildman–Crippen MR) is 128 cm³/mol. The zero-order valence-electron chi connectivity index (χ0n) is 18.2. The molecule has 0 atom stereocenters. The first-order valence-electron chi connectivity index (χ1n) is 10.5. The molecule has 0 saturated carbocycles. The van der Waals surface area contributed by atoms with E-state index in [0.717, 1.165) is 33.3 Å². The van der Waals surface area contributed by atoms with E-state index in [1.807, 2.05) is 31.2 Å². The van der Waals surface area contributed by atoms with Crippen LogP contribution in [0.2, 0.25) is 0 Å². The lowest BCUT2D eigenvalue weighted by atomic mass is 9.95. The number of nitrogens with zero attached hydrogens (tertiary/aromatic N) is 5. The second-order valence-electron chi connectivity index (χ2n) is 7.91. The topological polar surface area (TPSA) is 126 Å². The Kier molecular flexibility index (Phi) is 5.21. The Bertz CT molecular complexity index is 1540. The zero-order chi connectivity index (χ0) is 23.8. The number of halogens is 1. The van der Waals surface area contributed by atoms with Crippen LogP contribution in [-0.4, -0.2) is 30.6 Å². The second-order valence-corrected chi connectivity index (χ2v) is 7.91. The lowest BCUT2D eigenvalue weighted by Gasteiger charge is -2.14. The summed E-state index contributed by atoms with van der Waals surface area (Å²) in [4.78, 5) is 24.6. The Labute approximate surface area is 194 Å². The summed E-state index contributed by atoms with van der Waals surface area (Å²) in [5.74, 6) is -0.556. The van der Waals surface area contributed by atoms with Crippen molar-refractivity contribution in [3.63, 3.8) is 0 Å². The van der Waals surface area contributed by atoms with Gasteiger partial charge in [0, 0.05) is 39.5 Å². The van der Waals surface area contributed by atoms with Crippen molar-refractivity contribution in [2.24, 2.45) is 5.73 Å². The van der Waals surface area contributed by atoms with Gasteiger partial charge in [0.05, 0.1) is 17.4 Å². The van der Waals surface area contributed by atoms with Crippen molar-refractivity contribution in [1.82, 2.24) is 24.7 Å². The standard InChI is InChI=1S/C25H20FN7O/c1-14-19-8-16(4-7-22(19)30-13-29-14)20-9-21(17-10-31-33(11-17)12-23(27)34)25(28)32-24(20)15-2-5-18(26)6-3-15/h2-11,13H,12H2,1H3,(H2,27,34)(H2,28,32). The minimum absolute atomic E-state index is 0.0438. The highest BCUT2D eigenvalue weighted by atomic mass is 19.1. The van der Waals surface area contributed by atoms with Crippen LogP contribution in [0.5, 0.6) is 0 Å². The third kappa shape index (κ3) is 3.95. The summed E-state index contributed by atoms with van der Waals surface area (Å²) in [6, 6.07) is 13.9. The van der Waals surface area contributed by atoms with E-state index in [-0.39, 0.29) is 18.2 Å². The molecule has 34 heavy (non-hydrogen) atoms. The second kappa shape index (κ2) is 8.36. The van der Waals surface area contributed by atoms with Gasteiger partial charge in [0.25, 0.3) is 0 Å². The highest BCUT2D eigenvalue weighted by molar-refractivity contribution is 5.92. The van der Waals surface area contributed by atoms with Gasteiger partial charge in [0.1, 0.15) is 24.5 Å². The molecule has 8 nitrogen and oxygen atoms in total. The van der Waals surface area contributed by atoms with Gasteiger partial charge >= 0.3 is 0 Å². The Morgan fingerprint density at radius 3 is 2.53 bits per heavy atom. The number of aromatic nitrogens is 5. The number of hydrogen-bond donors (Lipinski definition) is 2. The first-order chi connectivity index (χ1) is 16.4. The molecule has 0 fully saturated rings. The van der Waals surface area contributed by atoms with E-state index in [1.54, 1.807) is 24.5 Å². The number of anilines is 1. The van der Waals surface area contributed by atoms with Crippen LogP contribution < -0.4 is 11.5 Å². The SMILES string of the molecule is Cc1ncnc2ccc(-c3cc(-c4cnn(CC(N)=O)c4)c(N)nc3-c3ccc(F)cc3)cc12. The molecule has 3 aromatic heterocycles. The number of pyridine rings is 1. The fourth-order valence-electron chi connectivity index (χ4n) is 3.91. The van der Waals surface area contributed by atoms with Crippen LogP contribution in [-0.2, 0) is 11.3 Å². The Morgan fingerprint density at radius 1 is 1.00 bits per heavy atom. The molecule has 0 saturated heterocycles. The number of hydrogen-bond acceptors (Lipinski definition) is 6. The number of carbonyl (C=O) groups excluding carboxylic acids is 1. The molecule has 2 aromatic carbocycles. The fourth-order valence-corrected chi connectivity index (χ4v) is 3.91. The molecule has 0 unspecified atom stereocenters. The summed E-state index contributed by atoms with van der Waals surface area (Å²) in [6.45, 7) is 1.88. The van der Waals surface area contributed by atoms with Crippen molar-refractivity contribution in [3.8, 4) is 33.5 Å². The molecule has 0 spiro atoms. The summed E-state index contributed by atoms with van der Waals surface area (Å²) in [7, 11) is 0. The number of aryl methyl sites for hydroxylation is 1. The van der Waals surface area contributed by atoms with Crippen molar-refractivity contribution in [2.45, 2.75) is 13.5 Å². The number of primary amides is 1. The molecule has 0 aliphatic heterocycles. The molecule has 3 heterocycles. The molecule has 168 valence electrons. The maximum atomic E-state index is 13.6. The third-order valence-corrected chi connectivity index (χ3v) is 5.58. The van der Waals surface area contributed by atoms with Gasteiger partial charge in [-0.25, -0.2) is 19.3 Å². The van der Waals surface area contributed by atoms with Crippen molar-refractivity contribution in [2.75, 3.05) is 5.73 Å². The summed E-state index contributed by atoms with van der Waals surface area (Å²) >= 11 is 0. The lowest BCUT2D eigenvalue weighted by molar-refractivity contribution is -0.118. The maximum Gasteiger partial charge on any atom is 0.239 e. The average Bonchev–Trinajstić information content (AvgIpc) is 3.27. The van der Waals surface area contributed by atoms with Crippen LogP contribution in [0.1, 0.15) is 5.69 Å². The van der Waals surface area contributed by atoms with Gasteiger partial charge in [-0.3, -0.25) is 9.48 Å². The average molecular weight is 453 g/mol. The van der Waals surface area contributed by atoms with Crippen LogP contribution in [0.3, 0.4) is 0 Å². The Morgan fingerprint density at radius 2 is 1.76 bits per heavy atom. The minimum atomic E-state index is -0.498. The van der Waals surface area contributed by atoms with Crippen LogP contribution in [0.4, 0.5) is 10.2 Å². The number of benzene rings is 2. The molecule has 5 rings (SSSR count). The van der Waals surface area contributed by atoms with Crippen LogP contribution in [0.25, 0.3) is 44.4 Å². The van der Waals surface area contributed by atoms with Crippen molar-refractivity contribution in [3.05, 3.63) is 78.8 Å². The molecule has 0 bridgehead atoms. The number of rotatable bonds is 5. The summed E-state index contributed by atoms with van der Waals surface area (Å²) < 4.78 is 15.0. The summed E-state index contributed by atoms with van der Waals surface area (Å²) in [6.07, 6.45) is 4.84. The van der Waals surface area contributed by atoms with Gasteiger partial charge in [-0.1, -0.05) is 6.07 Å². The molecule has 0 radical (unpaired) electrons. The first kappa shape index (κ1) is 21.2. The third-order valence-electron chi connectivity index (χ3n) is 5.58. The molecular formula is C25H20FN7O. The van der Waals surface area contributed by atoms with Crippen molar-refractivity contribution < 1.29 is 9.18 Å². The van der Waals surface area contributed by atoms with Gasteiger partial charge < -0.3 is 11.5 Å². The lowest BCUT2D eigenvalue weighted by Crippen LogP contribution is -2.18. The smallest absolute Gasteiger partial charge is 0.239 e. The first-order valence-corrected chi connectivity index (χ1v) is 10.5. The van der Waals surface area contributed by atoms with Gasteiger partial charge in [0.2, 0.25) is 5.91 Å². The van der Waals surface area contributed by atoms with E-state index in [0.29, 0.717) is 16.8 Å². The normalized spacial score (nSPS) is 11.1. The van der Waals surface area contributed by atoms with Crippen LogP contribution >= 0.6 is 0 Å². The monoisotopic (exact) mass is 453 g/mol. The van der Waals surface area contributed by atoms with Crippen LogP contribution in [0.15, 0.2) is 67.3 Å². The van der Waals surface area contributed by atoms with Gasteiger partial charge in [-0.2, -0.15) is 5.10 Å². The van der Waals surface area contributed by atoms with E-state index in [2.05, 4.69) is 15.1 Å². The Balaban J connectivity index is 1.72. The molecule has 0 aliphatic rings. The molecule has 9 heteroatoms. The van der Waals surface area contributed by atoms with Gasteiger partial charge in [-0.15, -0.1) is 0 Å². The highest BCUT2D eigenvalue weighted by Crippen LogP contribution is 2.38. The summed E-state index contributed by atoms with van der Waals surface area (Å²) in [5.41, 5.74) is 17.7. The molecule has 4 N–H and O–H groups in total. The van der Waals surface area contributed by atoms with E-state index < -0.39 is 5.91 Å². The van der Waals surface area contributed by atoms with Crippen LogP contribution in [0, 0.1) is 12.7 Å². The van der Waals surface area contributed by atoms with Gasteiger partial charge in [-0.05, 0) is 55.0 Å². The van der Waals surface area contributed by atoms with E-state index in [1.165, 1.54) is 23.1 Å². The molecule has 5 aromatic rings. The van der Waals surface area contributed by atoms with Gasteiger partial charge in [0.15, 0.2) is 0 Å². The number of amides is 1. The van der Waals surface area contributed by atoms with E-state index in [9.17, 15) is 9.18 Å². The van der Waals surface area contributed by atoms with Crippen molar-refractivity contribution in [1.29, 1.82) is 0 Å². The molecule has 0 aliphatic carbocycles. The minimum Gasteiger partial charge on any atom is -0.383 e.